The fourth-order valence-corrected chi connectivity index (χ4v) is 2.38. The van der Waals surface area contributed by atoms with Crippen molar-refractivity contribution in [2.75, 3.05) is 20.8 Å². The molecule has 8 heteroatoms. The van der Waals surface area contributed by atoms with Crippen LogP contribution < -0.4 is 14.8 Å². The number of thiocarbonyl (C=S) groups is 1. The fraction of sp³-hybridized carbons (Fsp3) is 0.188. The van der Waals surface area contributed by atoms with Gasteiger partial charge in [-0.3, -0.25) is 19.8 Å². The number of nitrogens with zero attached hydrogens (tertiary/aromatic N) is 1. The van der Waals surface area contributed by atoms with E-state index < -0.39 is 17.6 Å². The number of halogens is 1. The van der Waals surface area contributed by atoms with Gasteiger partial charge in [0.25, 0.3) is 11.8 Å². The molecular formula is C16H15FN2O4S. The molecule has 0 aliphatic carbocycles. The monoisotopic (exact) mass is 350 g/mol. The minimum Gasteiger partial charge on any atom is -0.493 e. The van der Waals surface area contributed by atoms with Gasteiger partial charge in [0.05, 0.1) is 14.2 Å². The third-order valence-corrected chi connectivity index (χ3v) is 3.62. The quantitative estimate of drug-likeness (QED) is 0.379. The lowest BCUT2D eigenvalue weighted by Crippen LogP contribution is -2.53. The number of hydrogen-bond donors (Lipinski definition) is 1. The summed E-state index contributed by atoms with van der Waals surface area (Å²) in [4.78, 5) is 25.6. The summed E-state index contributed by atoms with van der Waals surface area (Å²) in [5, 5.41) is 2.37. The second kappa shape index (κ2) is 7.22. The Kier molecular flexibility index (Phi) is 5.30. The van der Waals surface area contributed by atoms with E-state index in [1.54, 1.807) is 0 Å². The van der Waals surface area contributed by atoms with Crippen LogP contribution in [-0.2, 0) is 9.59 Å². The van der Waals surface area contributed by atoms with Gasteiger partial charge in [0.2, 0.25) is 0 Å². The van der Waals surface area contributed by atoms with Gasteiger partial charge in [0.1, 0.15) is 11.4 Å². The van der Waals surface area contributed by atoms with E-state index in [-0.39, 0.29) is 34.3 Å². The molecule has 1 fully saturated rings. The van der Waals surface area contributed by atoms with Crippen molar-refractivity contribution in [3.63, 3.8) is 0 Å². The molecule has 1 aromatic carbocycles. The van der Waals surface area contributed by atoms with Crippen molar-refractivity contribution in [1.29, 1.82) is 0 Å². The van der Waals surface area contributed by atoms with Crippen LogP contribution in [0.15, 0.2) is 30.4 Å². The Balaban J connectivity index is 2.49. The molecule has 1 N–H and O–H groups in total. The van der Waals surface area contributed by atoms with Crippen molar-refractivity contribution in [1.82, 2.24) is 10.2 Å². The Morgan fingerprint density at radius 1 is 1.29 bits per heavy atom. The van der Waals surface area contributed by atoms with Crippen molar-refractivity contribution in [2.24, 2.45) is 0 Å². The van der Waals surface area contributed by atoms with Crippen LogP contribution in [0.4, 0.5) is 4.39 Å². The van der Waals surface area contributed by atoms with E-state index in [0.29, 0.717) is 0 Å². The number of amides is 2. The van der Waals surface area contributed by atoms with Crippen LogP contribution >= 0.6 is 12.2 Å². The van der Waals surface area contributed by atoms with Crippen LogP contribution in [0.25, 0.3) is 6.08 Å². The zero-order valence-corrected chi connectivity index (χ0v) is 13.9. The van der Waals surface area contributed by atoms with E-state index in [9.17, 15) is 14.0 Å². The van der Waals surface area contributed by atoms with Crippen LogP contribution in [-0.4, -0.2) is 42.6 Å². The molecule has 1 aliphatic rings. The van der Waals surface area contributed by atoms with Gasteiger partial charge < -0.3 is 9.47 Å². The number of rotatable bonds is 5. The molecule has 0 radical (unpaired) electrons. The molecule has 24 heavy (non-hydrogen) atoms. The summed E-state index contributed by atoms with van der Waals surface area (Å²) in [6.07, 6.45) is 2.61. The van der Waals surface area contributed by atoms with Crippen molar-refractivity contribution >= 4 is 35.2 Å². The predicted octanol–water partition coefficient (Wildman–Crippen LogP) is 1.66. The Morgan fingerprint density at radius 3 is 2.50 bits per heavy atom. The molecule has 0 bridgehead atoms. The third kappa shape index (κ3) is 3.28. The summed E-state index contributed by atoms with van der Waals surface area (Å²) in [6.45, 7) is 3.66. The standard InChI is InChI=1S/C16H15FN2O4S/c1-4-5-19-15(21)10(14(20)18-16(19)24)6-9-7-12(22-2)13(23-3)8-11(9)17/h4,6-8H,1,5H2,2-3H3,(H,18,20,24)/b10-6+. The minimum atomic E-state index is -0.695. The lowest BCUT2D eigenvalue weighted by Gasteiger charge is -2.27. The zero-order valence-electron chi connectivity index (χ0n) is 13.1. The van der Waals surface area contributed by atoms with Gasteiger partial charge in [-0.05, 0) is 24.4 Å². The first-order chi connectivity index (χ1) is 11.4. The summed E-state index contributed by atoms with van der Waals surface area (Å²) in [6, 6.07) is 2.45. The highest BCUT2D eigenvalue weighted by molar-refractivity contribution is 7.80. The van der Waals surface area contributed by atoms with Crippen LogP contribution in [0.5, 0.6) is 11.5 Å². The first kappa shape index (κ1) is 17.6. The second-order valence-electron chi connectivity index (χ2n) is 4.75. The van der Waals surface area contributed by atoms with E-state index in [1.807, 2.05) is 0 Å². The van der Waals surface area contributed by atoms with Gasteiger partial charge in [0.15, 0.2) is 16.6 Å². The maximum Gasteiger partial charge on any atom is 0.265 e. The zero-order chi connectivity index (χ0) is 17.9. The molecular weight excluding hydrogens is 335 g/mol. The normalized spacial score (nSPS) is 16.2. The Morgan fingerprint density at radius 2 is 1.92 bits per heavy atom. The van der Waals surface area contributed by atoms with Gasteiger partial charge >= 0.3 is 0 Å². The molecule has 0 unspecified atom stereocenters. The summed E-state index contributed by atoms with van der Waals surface area (Å²) in [5.41, 5.74) is -0.228. The lowest BCUT2D eigenvalue weighted by atomic mass is 10.1. The molecule has 0 atom stereocenters. The number of ether oxygens (including phenoxy) is 2. The van der Waals surface area contributed by atoms with Crippen LogP contribution in [0.1, 0.15) is 5.56 Å². The van der Waals surface area contributed by atoms with Crippen molar-refractivity contribution in [3.8, 4) is 11.5 Å². The molecule has 1 aliphatic heterocycles. The van der Waals surface area contributed by atoms with Crippen molar-refractivity contribution in [2.45, 2.75) is 0 Å². The molecule has 0 saturated carbocycles. The number of carbonyl (C=O) groups excluding carboxylic acids is 2. The fourth-order valence-electron chi connectivity index (χ4n) is 2.12. The summed E-state index contributed by atoms with van der Waals surface area (Å²) in [7, 11) is 2.77. The number of benzene rings is 1. The maximum absolute atomic E-state index is 14.2. The molecule has 2 amide bonds. The average molecular weight is 350 g/mol. The molecule has 0 aromatic heterocycles. The highest BCUT2D eigenvalue weighted by Crippen LogP contribution is 2.31. The summed E-state index contributed by atoms with van der Waals surface area (Å²) in [5.74, 6) is -1.51. The number of hydrogen-bond acceptors (Lipinski definition) is 5. The van der Waals surface area contributed by atoms with E-state index in [1.165, 1.54) is 26.4 Å². The van der Waals surface area contributed by atoms with E-state index in [0.717, 1.165) is 17.0 Å². The topological polar surface area (TPSA) is 67.9 Å². The molecule has 6 nitrogen and oxygen atoms in total. The van der Waals surface area contributed by atoms with Gasteiger partial charge in [-0.2, -0.15) is 0 Å². The highest BCUT2D eigenvalue weighted by Gasteiger charge is 2.32. The average Bonchev–Trinajstić information content (AvgIpc) is 2.56. The highest BCUT2D eigenvalue weighted by atomic mass is 32.1. The predicted molar refractivity (Wildman–Crippen MR) is 90.1 cm³/mol. The second-order valence-corrected chi connectivity index (χ2v) is 5.14. The first-order valence-corrected chi connectivity index (χ1v) is 7.25. The number of nitrogens with one attached hydrogen (secondary N) is 1. The Hall–Kier alpha value is -2.74. The summed E-state index contributed by atoms with van der Waals surface area (Å²) >= 11 is 4.95. The number of methoxy groups -OCH3 is 2. The van der Waals surface area contributed by atoms with Crippen molar-refractivity contribution in [3.05, 3.63) is 41.7 Å². The van der Waals surface area contributed by atoms with E-state index in [4.69, 9.17) is 21.7 Å². The smallest absolute Gasteiger partial charge is 0.265 e. The lowest BCUT2D eigenvalue weighted by molar-refractivity contribution is -0.128. The van der Waals surface area contributed by atoms with Crippen LogP contribution in [0, 0.1) is 5.82 Å². The molecule has 1 heterocycles. The molecule has 126 valence electrons. The van der Waals surface area contributed by atoms with Crippen molar-refractivity contribution < 1.29 is 23.5 Å². The van der Waals surface area contributed by atoms with Gasteiger partial charge in [0, 0.05) is 18.2 Å². The SMILES string of the molecule is C=CCN1C(=O)/C(=C/c2cc(OC)c(OC)cc2F)C(=O)NC1=S. The Labute approximate surface area is 143 Å². The molecule has 1 aromatic rings. The summed E-state index contributed by atoms with van der Waals surface area (Å²) < 4.78 is 24.3. The van der Waals surface area contributed by atoms with Crippen LogP contribution in [0.3, 0.4) is 0 Å². The minimum absolute atomic E-state index is 0.0116. The van der Waals surface area contributed by atoms with Gasteiger partial charge in [-0.25, -0.2) is 4.39 Å². The third-order valence-electron chi connectivity index (χ3n) is 3.30. The van der Waals surface area contributed by atoms with E-state index in [2.05, 4.69) is 11.9 Å². The van der Waals surface area contributed by atoms with Crippen LogP contribution in [0.2, 0.25) is 0 Å². The van der Waals surface area contributed by atoms with Gasteiger partial charge in [-0.1, -0.05) is 6.08 Å². The largest absolute Gasteiger partial charge is 0.493 e. The van der Waals surface area contributed by atoms with E-state index >= 15 is 0 Å². The van der Waals surface area contributed by atoms with Gasteiger partial charge in [-0.15, -0.1) is 6.58 Å². The molecule has 1 saturated heterocycles. The maximum atomic E-state index is 14.2. The number of carbonyl (C=O) groups is 2. The molecule has 0 spiro atoms. The first-order valence-electron chi connectivity index (χ1n) is 6.84. The Bertz CT molecular complexity index is 761. The molecule has 2 rings (SSSR count).